The number of hydrazone groups is 1. The fourth-order valence-electron chi connectivity index (χ4n) is 3.21. The van der Waals surface area contributed by atoms with Gasteiger partial charge in [0, 0.05) is 26.2 Å². The number of benzene rings is 1. The lowest BCUT2D eigenvalue weighted by molar-refractivity contribution is -0.137. The molecule has 0 saturated carbocycles. The van der Waals surface area contributed by atoms with Gasteiger partial charge in [-0.05, 0) is 30.7 Å². The van der Waals surface area contributed by atoms with Crippen LogP contribution in [0.2, 0.25) is 0 Å². The molecule has 0 aromatic heterocycles. The lowest BCUT2D eigenvalue weighted by atomic mass is 10.2. The Morgan fingerprint density at radius 1 is 1.06 bits per heavy atom. The molecule has 0 unspecified atom stereocenters. The highest BCUT2D eigenvalue weighted by Gasteiger charge is 2.18. The molecule has 1 aromatic rings. The van der Waals surface area contributed by atoms with Gasteiger partial charge in [-0.3, -0.25) is 14.5 Å². The predicted molar refractivity (Wildman–Crippen MR) is 114 cm³/mol. The second-order valence-electron chi connectivity index (χ2n) is 7.10. The van der Waals surface area contributed by atoms with Crippen LogP contribution in [0.1, 0.15) is 12.5 Å². The van der Waals surface area contributed by atoms with E-state index in [9.17, 15) is 9.59 Å². The van der Waals surface area contributed by atoms with E-state index in [1.165, 1.54) is 0 Å². The van der Waals surface area contributed by atoms with Crippen molar-refractivity contribution < 1.29 is 28.5 Å². The molecule has 2 aliphatic rings. The van der Waals surface area contributed by atoms with Crippen LogP contribution in [-0.4, -0.2) is 100 Å². The highest BCUT2D eigenvalue weighted by atomic mass is 16.5. The van der Waals surface area contributed by atoms with Gasteiger partial charge in [-0.15, -0.1) is 0 Å². The summed E-state index contributed by atoms with van der Waals surface area (Å²) in [5, 5.41) is 4.02. The minimum Gasteiger partial charge on any atom is -0.490 e. The lowest BCUT2D eigenvalue weighted by Gasteiger charge is -2.26. The smallest absolute Gasteiger partial charge is 0.260 e. The minimum absolute atomic E-state index is 0.0644. The predicted octanol–water partition coefficient (Wildman–Crippen LogP) is 0.105. The van der Waals surface area contributed by atoms with E-state index in [1.807, 2.05) is 11.8 Å². The third-order valence-corrected chi connectivity index (χ3v) is 4.86. The number of amides is 2. The molecule has 1 N–H and O–H groups in total. The van der Waals surface area contributed by atoms with Crippen molar-refractivity contribution in [2.24, 2.45) is 5.10 Å². The Kier molecular flexibility index (Phi) is 9.07. The van der Waals surface area contributed by atoms with Gasteiger partial charge in [-0.1, -0.05) is 0 Å². The number of nitrogens with one attached hydrogen (secondary N) is 1. The van der Waals surface area contributed by atoms with E-state index >= 15 is 0 Å². The Balaban J connectivity index is 1.51. The van der Waals surface area contributed by atoms with E-state index in [0.717, 1.165) is 18.7 Å². The average molecular weight is 434 g/mol. The maximum absolute atomic E-state index is 12.3. The summed E-state index contributed by atoms with van der Waals surface area (Å²) in [6.07, 6.45) is 1.54. The van der Waals surface area contributed by atoms with Crippen LogP contribution in [0, 0.1) is 0 Å². The van der Waals surface area contributed by atoms with Gasteiger partial charge < -0.3 is 23.8 Å². The summed E-state index contributed by atoms with van der Waals surface area (Å²) >= 11 is 0. The molecule has 2 aliphatic heterocycles. The summed E-state index contributed by atoms with van der Waals surface area (Å²) < 4.78 is 21.9. The van der Waals surface area contributed by atoms with E-state index in [0.29, 0.717) is 57.6 Å². The van der Waals surface area contributed by atoms with E-state index in [-0.39, 0.29) is 25.0 Å². The molecular formula is C21H30N4O6. The first-order chi connectivity index (χ1) is 15.2. The summed E-state index contributed by atoms with van der Waals surface area (Å²) in [6.45, 7) is 7.56. The summed E-state index contributed by atoms with van der Waals surface area (Å²) in [6, 6.07) is 5.28. The van der Waals surface area contributed by atoms with Crippen LogP contribution >= 0.6 is 0 Å². The van der Waals surface area contributed by atoms with Gasteiger partial charge in [-0.25, -0.2) is 5.43 Å². The second-order valence-corrected chi connectivity index (χ2v) is 7.10. The minimum atomic E-state index is -0.176. The molecule has 3 rings (SSSR count). The van der Waals surface area contributed by atoms with Crippen molar-refractivity contribution in [2.45, 2.75) is 6.92 Å². The molecule has 1 aromatic carbocycles. The van der Waals surface area contributed by atoms with E-state index in [1.54, 1.807) is 29.3 Å². The fraction of sp³-hybridized carbons (Fsp3) is 0.571. The highest BCUT2D eigenvalue weighted by Crippen LogP contribution is 2.28. The van der Waals surface area contributed by atoms with Crippen molar-refractivity contribution in [2.75, 3.05) is 72.4 Å². The molecule has 0 spiro atoms. The van der Waals surface area contributed by atoms with Gasteiger partial charge in [0.05, 0.1) is 45.8 Å². The monoisotopic (exact) mass is 434 g/mol. The molecule has 2 amide bonds. The van der Waals surface area contributed by atoms with Crippen molar-refractivity contribution in [3.8, 4) is 11.5 Å². The third kappa shape index (κ3) is 7.50. The normalized spacial score (nSPS) is 17.5. The second kappa shape index (κ2) is 12.2. The number of hydrogen-bond acceptors (Lipinski definition) is 8. The van der Waals surface area contributed by atoms with Crippen LogP contribution in [0.5, 0.6) is 11.5 Å². The Hall–Kier alpha value is -2.69. The molecule has 10 heteroatoms. The Bertz CT molecular complexity index is 760. The van der Waals surface area contributed by atoms with Crippen molar-refractivity contribution in [1.29, 1.82) is 0 Å². The first-order valence-electron chi connectivity index (χ1n) is 10.5. The first-order valence-corrected chi connectivity index (χ1v) is 10.5. The molecule has 0 bridgehead atoms. The molecule has 2 fully saturated rings. The quantitative estimate of drug-likeness (QED) is 0.435. The summed E-state index contributed by atoms with van der Waals surface area (Å²) in [5.41, 5.74) is 3.27. The number of morpholine rings is 2. The van der Waals surface area contributed by atoms with Crippen molar-refractivity contribution in [1.82, 2.24) is 15.2 Å². The number of ether oxygens (including phenoxy) is 4. The zero-order valence-electron chi connectivity index (χ0n) is 17.9. The molecule has 170 valence electrons. The van der Waals surface area contributed by atoms with Gasteiger partial charge in [0.1, 0.15) is 0 Å². The van der Waals surface area contributed by atoms with Crippen LogP contribution in [0.25, 0.3) is 0 Å². The van der Waals surface area contributed by atoms with Crippen LogP contribution in [0.4, 0.5) is 0 Å². The number of hydrogen-bond donors (Lipinski definition) is 1. The van der Waals surface area contributed by atoms with Gasteiger partial charge in [0.25, 0.3) is 11.8 Å². The molecule has 0 radical (unpaired) electrons. The van der Waals surface area contributed by atoms with Gasteiger partial charge >= 0.3 is 0 Å². The molecule has 2 heterocycles. The zero-order chi connectivity index (χ0) is 21.9. The Morgan fingerprint density at radius 3 is 2.48 bits per heavy atom. The Labute approximate surface area is 182 Å². The third-order valence-electron chi connectivity index (χ3n) is 4.86. The molecule has 0 aliphatic carbocycles. The standard InChI is InChI=1S/C21H30N4O6/c1-2-30-19-13-17(14-22-23-20(26)15-24-5-9-28-10-6-24)3-4-18(19)31-16-21(27)25-7-11-29-12-8-25/h3-4,13-14H,2,5-12,15-16H2,1H3,(H,23,26)/b22-14-. The SMILES string of the molecule is CCOc1cc(/C=N\NC(=O)CN2CCOCC2)ccc1OCC(=O)N1CCOCC1. The highest BCUT2D eigenvalue weighted by molar-refractivity contribution is 5.84. The molecule has 31 heavy (non-hydrogen) atoms. The van der Waals surface area contributed by atoms with Crippen LogP contribution in [0.15, 0.2) is 23.3 Å². The van der Waals surface area contributed by atoms with Crippen molar-refractivity contribution in [3.05, 3.63) is 23.8 Å². The topological polar surface area (TPSA) is 102 Å². The molecule has 10 nitrogen and oxygen atoms in total. The number of carbonyl (C=O) groups is 2. The van der Waals surface area contributed by atoms with Crippen molar-refractivity contribution >= 4 is 18.0 Å². The largest absolute Gasteiger partial charge is 0.490 e. The number of rotatable bonds is 9. The number of carbonyl (C=O) groups excluding carboxylic acids is 2. The lowest BCUT2D eigenvalue weighted by Crippen LogP contribution is -2.43. The summed E-state index contributed by atoms with van der Waals surface area (Å²) in [5.74, 6) is 0.738. The first kappa shape index (κ1) is 23.0. The van der Waals surface area contributed by atoms with E-state index < -0.39 is 0 Å². The molecule has 2 saturated heterocycles. The van der Waals surface area contributed by atoms with Gasteiger partial charge in [0.15, 0.2) is 18.1 Å². The Morgan fingerprint density at radius 2 is 1.77 bits per heavy atom. The van der Waals surface area contributed by atoms with Gasteiger partial charge in [0.2, 0.25) is 0 Å². The van der Waals surface area contributed by atoms with Crippen LogP contribution in [-0.2, 0) is 19.1 Å². The molecule has 0 atom stereocenters. The number of nitrogens with zero attached hydrogens (tertiary/aromatic N) is 3. The zero-order valence-corrected chi connectivity index (χ0v) is 17.9. The van der Waals surface area contributed by atoms with Crippen LogP contribution in [0.3, 0.4) is 0 Å². The molecular weight excluding hydrogens is 404 g/mol. The van der Waals surface area contributed by atoms with E-state index in [4.69, 9.17) is 18.9 Å². The van der Waals surface area contributed by atoms with Crippen molar-refractivity contribution in [3.63, 3.8) is 0 Å². The summed E-state index contributed by atoms with van der Waals surface area (Å²) in [7, 11) is 0. The maximum atomic E-state index is 12.3. The summed E-state index contributed by atoms with van der Waals surface area (Å²) in [4.78, 5) is 28.0. The van der Waals surface area contributed by atoms with Crippen LogP contribution < -0.4 is 14.9 Å². The average Bonchev–Trinajstić information content (AvgIpc) is 2.80. The maximum Gasteiger partial charge on any atom is 0.260 e. The van der Waals surface area contributed by atoms with E-state index in [2.05, 4.69) is 10.5 Å². The van der Waals surface area contributed by atoms with Gasteiger partial charge in [-0.2, -0.15) is 5.10 Å². The fourth-order valence-corrected chi connectivity index (χ4v) is 3.21.